The van der Waals surface area contributed by atoms with Gasteiger partial charge in [-0.25, -0.2) is 4.68 Å². The van der Waals surface area contributed by atoms with E-state index >= 15 is 0 Å². The van der Waals surface area contributed by atoms with E-state index in [-0.39, 0.29) is 5.56 Å². The quantitative estimate of drug-likeness (QED) is 0.647. The van der Waals surface area contributed by atoms with E-state index < -0.39 is 0 Å². The van der Waals surface area contributed by atoms with Gasteiger partial charge in [-0.3, -0.25) is 9.69 Å². The first-order valence-electron chi connectivity index (χ1n) is 9.87. The molecule has 1 fully saturated rings. The predicted octanol–water partition coefficient (Wildman–Crippen LogP) is 2.92. The Morgan fingerprint density at radius 3 is 2.38 bits per heavy atom. The Morgan fingerprint density at radius 1 is 0.966 bits per heavy atom. The van der Waals surface area contributed by atoms with Crippen molar-refractivity contribution in [1.29, 1.82) is 0 Å². The zero-order chi connectivity index (χ0) is 20.1. The molecule has 6 nitrogen and oxygen atoms in total. The van der Waals surface area contributed by atoms with Crippen molar-refractivity contribution in [3.63, 3.8) is 0 Å². The highest BCUT2D eigenvalue weighted by Crippen LogP contribution is 2.24. The third kappa shape index (κ3) is 4.55. The Bertz CT molecular complexity index is 994. The fraction of sp³-hybridized carbons (Fsp3) is 0.304. The highest BCUT2D eigenvalue weighted by molar-refractivity contribution is 5.69. The lowest BCUT2D eigenvalue weighted by Gasteiger charge is -2.26. The number of rotatable bonds is 6. The standard InChI is InChI=1S/C23H25N3O3/c1-28-20-9-7-19(8-10-20)22-17-21(18-5-3-2-4-6-18)23(27)26(24-22)12-11-25-13-15-29-16-14-25/h2-10,17H,11-16H2,1H3. The average molecular weight is 391 g/mol. The lowest BCUT2D eigenvalue weighted by molar-refractivity contribution is 0.0358. The normalized spacial score (nSPS) is 14.7. The monoisotopic (exact) mass is 391 g/mol. The Hall–Kier alpha value is -2.96. The van der Waals surface area contributed by atoms with Crippen LogP contribution in [0.5, 0.6) is 5.75 Å². The minimum Gasteiger partial charge on any atom is -0.497 e. The zero-order valence-corrected chi connectivity index (χ0v) is 16.6. The maximum absolute atomic E-state index is 13.2. The van der Waals surface area contributed by atoms with Gasteiger partial charge in [-0.2, -0.15) is 5.10 Å². The molecule has 4 rings (SSSR count). The molecule has 150 valence electrons. The molecule has 0 aliphatic carbocycles. The summed E-state index contributed by atoms with van der Waals surface area (Å²) in [6.45, 7) is 4.57. The molecule has 0 amide bonds. The minimum atomic E-state index is -0.0679. The van der Waals surface area contributed by atoms with Gasteiger partial charge >= 0.3 is 0 Å². The summed E-state index contributed by atoms with van der Waals surface area (Å²) in [5.74, 6) is 0.790. The minimum absolute atomic E-state index is 0.0679. The van der Waals surface area contributed by atoms with E-state index in [4.69, 9.17) is 9.47 Å². The zero-order valence-electron chi connectivity index (χ0n) is 16.6. The summed E-state index contributed by atoms with van der Waals surface area (Å²) >= 11 is 0. The molecule has 0 N–H and O–H groups in total. The van der Waals surface area contributed by atoms with Crippen LogP contribution < -0.4 is 10.3 Å². The van der Waals surface area contributed by atoms with Crippen LogP contribution in [-0.2, 0) is 11.3 Å². The molecule has 0 spiro atoms. The van der Waals surface area contributed by atoms with Gasteiger partial charge in [-0.15, -0.1) is 0 Å². The maximum atomic E-state index is 13.2. The molecule has 29 heavy (non-hydrogen) atoms. The van der Waals surface area contributed by atoms with Crippen LogP contribution in [0.4, 0.5) is 0 Å². The fourth-order valence-electron chi connectivity index (χ4n) is 3.48. The van der Waals surface area contributed by atoms with Crippen molar-refractivity contribution in [2.75, 3.05) is 40.0 Å². The van der Waals surface area contributed by atoms with Crippen LogP contribution in [0.3, 0.4) is 0 Å². The number of morpholine rings is 1. The van der Waals surface area contributed by atoms with Gasteiger partial charge in [0.05, 0.1) is 38.1 Å². The molecule has 0 bridgehead atoms. The van der Waals surface area contributed by atoms with Gasteiger partial charge in [0, 0.05) is 25.2 Å². The molecule has 0 unspecified atom stereocenters. The molecule has 0 radical (unpaired) electrons. The van der Waals surface area contributed by atoms with Crippen LogP contribution in [0, 0.1) is 0 Å². The largest absolute Gasteiger partial charge is 0.497 e. The van der Waals surface area contributed by atoms with Gasteiger partial charge in [0.15, 0.2) is 0 Å². The summed E-state index contributed by atoms with van der Waals surface area (Å²) in [6.07, 6.45) is 0. The predicted molar refractivity (Wildman–Crippen MR) is 113 cm³/mol. The number of nitrogens with zero attached hydrogens (tertiary/aromatic N) is 3. The number of benzene rings is 2. The molecule has 1 aliphatic rings. The van der Waals surface area contributed by atoms with E-state index in [0.717, 1.165) is 55.4 Å². The van der Waals surface area contributed by atoms with E-state index in [9.17, 15) is 4.79 Å². The SMILES string of the molecule is COc1ccc(-c2cc(-c3ccccc3)c(=O)n(CCN3CCOCC3)n2)cc1. The summed E-state index contributed by atoms with van der Waals surface area (Å²) in [4.78, 5) is 15.5. The van der Waals surface area contributed by atoms with Crippen LogP contribution in [0.1, 0.15) is 0 Å². The molecule has 1 aromatic heterocycles. The second kappa shape index (κ2) is 9.03. The first-order valence-corrected chi connectivity index (χ1v) is 9.87. The third-order valence-electron chi connectivity index (χ3n) is 5.18. The van der Waals surface area contributed by atoms with Crippen LogP contribution >= 0.6 is 0 Å². The van der Waals surface area contributed by atoms with Crippen LogP contribution in [0.2, 0.25) is 0 Å². The molecule has 2 aromatic carbocycles. The van der Waals surface area contributed by atoms with Gasteiger partial charge in [-0.05, 0) is 35.9 Å². The van der Waals surface area contributed by atoms with Crippen molar-refractivity contribution in [3.8, 4) is 28.1 Å². The molecule has 1 aliphatic heterocycles. The molecule has 0 atom stereocenters. The summed E-state index contributed by atoms with van der Waals surface area (Å²) in [5.41, 5.74) is 3.21. The van der Waals surface area contributed by atoms with Crippen molar-refractivity contribution in [3.05, 3.63) is 71.0 Å². The third-order valence-corrected chi connectivity index (χ3v) is 5.18. The Balaban J connectivity index is 1.71. The number of hydrogen-bond acceptors (Lipinski definition) is 5. The molecular weight excluding hydrogens is 366 g/mol. The number of methoxy groups -OCH3 is 1. The Kier molecular flexibility index (Phi) is 6.03. The smallest absolute Gasteiger partial charge is 0.274 e. The molecular formula is C23H25N3O3. The first-order chi connectivity index (χ1) is 14.2. The molecule has 1 saturated heterocycles. The number of aromatic nitrogens is 2. The second-order valence-corrected chi connectivity index (χ2v) is 7.02. The summed E-state index contributed by atoms with van der Waals surface area (Å²) in [7, 11) is 1.65. The molecule has 0 saturated carbocycles. The van der Waals surface area contributed by atoms with Crippen molar-refractivity contribution >= 4 is 0 Å². The second-order valence-electron chi connectivity index (χ2n) is 7.02. The highest BCUT2D eigenvalue weighted by Gasteiger charge is 2.14. The van der Waals surface area contributed by atoms with Gasteiger partial charge in [0.1, 0.15) is 5.75 Å². The fourth-order valence-corrected chi connectivity index (χ4v) is 3.48. The van der Waals surface area contributed by atoms with Gasteiger partial charge in [0.25, 0.3) is 5.56 Å². The summed E-state index contributed by atoms with van der Waals surface area (Å²) < 4.78 is 12.3. The molecule has 6 heteroatoms. The van der Waals surface area contributed by atoms with Gasteiger partial charge < -0.3 is 9.47 Å². The van der Waals surface area contributed by atoms with E-state index in [1.807, 2.05) is 60.7 Å². The van der Waals surface area contributed by atoms with Crippen LogP contribution in [0.15, 0.2) is 65.5 Å². The lowest BCUT2D eigenvalue weighted by Crippen LogP contribution is -2.39. The average Bonchev–Trinajstić information content (AvgIpc) is 2.80. The lowest BCUT2D eigenvalue weighted by atomic mass is 10.0. The number of hydrogen-bond donors (Lipinski definition) is 0. The van der Waals surface area contributed by atoms with Gasteiger partial charge in [-0.1, -0.05) is 30.3 Å². The van der Waals surface area contributed by atoms with E-state index in [0.29, 0.717) is 12.1 Å². The Morgan fingerprint density at radius 2 is 1.69 bits per heavy atom. The summed E-state index contributed by atoms with van der Waals surface area (Å²) in [6, 6.07) is 19.4. The number of ether oxygens (including phenoxy) is 2. The van der Waals surface area contributed by atoms with E-state index in [2.05, 4.69) is 10.00 Å². The van der Waals surface area contributed by atoms with Gasteiger partial charge in [0.2, 0.25) is 0 Å². The van der Waals surface area contributed by atoms with Crippen molar-refractivity contribution in [2.45, 2.75) is 6.54 Å². The summed E-state index contributed by atoms with van der Waals surface area (Å²) in [5, 5.41) is 4.67. The topological polar surface area (TPSA) is 56.6 Å². The van der Waals surface area contributed by atoms with Crippen molar-refractivity contribution < 1.29 is 9.47 Å². The van der Waals surface area contributed by atoms with Crippen molar-refractivity contribution in [2.24, 2.45) is 0 Å². The van der Waals surface area contributed by atoms with E-state index in [1.165, 1.54) is 0 Å². The van der Waals surface area contributed by atoms with Crippen molar-refractivity contribution in [1.82, 2.24) is 14.7 Å². The molecule has 2 heterocycles. The highest BCUT2D eigenvalue weighted by atomic mass is 16.5. The maximum Gasteiger partial charge on any atom is 0.274 e. The van der Waals surface area contributed by atoms with E-state index in [1.54, 1.807) is 11.8 Å². The van der Waals surface area contributed by atoms with Crippen LogP contribution in [-0.4, -0.2) is 54.6 Å². The Labute approximate surface area is 170 Å². The van der Waals surface area contributed by atoms with Crippen LogP contribution in [0.25, 0.3) is 22.4 Å². The molecule has 3 aromatic rings. The first kappa shape index (κ1) is 19.4.